The number of rotatable bonds is 4. The van der Waals surface area contributed by atoms with Crippen LogP contribution < -0.4 is 10.2 Å². The van der Waals surface area contributed by atoms with Gasteiger partial charge in [0.05, 0.1) is 12.5 Å². The van der Waals surface area contributed by atoms with Crippen LogP contribution in [0.25, 0.3) is 10.2 Å². The first kappa shape index (κ1) is 18.7. The minimum absolute atomic E-state index is 0.341. The number of methoxy groups -OCH3 is 1. The molecule has 0 radical (unpaired) electrons. The van der Waals surface area contributed by atoms with Gasteiger partial charge in [-0.25, -0.2) is 14.8 Å². The van der Waals surface area contributed by atoms with Gasteiger partial charge in [0.1, 0.15) is 21.9 Å². The topological polar surface area (TPSA) is 67.3 Å². The van der Waals surface area contributed by atoms with Crippen LogP contribution in [-0.4, -0.2) is 36.1 Å². The number of carbonyl (C=O) groups is 1. The van der Waals surface area contributed by atoms with Crippen LogP contribution >= 0.6 is 11.3 Å². The molecular formula is C21H24N4O2S. The van der Waals surface area contributed by atoms with Gasteiger partial charge < -0.3 is 15.0 Å². The van der Waals surface area contributed by atoms with Crippen LogP contribution in [0, 0.1) is 12.8 Å². The number of carbonyl (C=O) groups excluding carboxylic acids is 1. The van der Waals surface area contributed by atoms with Gasteiger partial charge in [0, 0.05) is 24.5 Å². The Morgan fingerprint density at radius 3 is 2.61 bits per heavy atom. The molecule has 28 heavy (non-hydrogen) atoms. The van der Waals surface area contributed by atoms with Gasteiger partial charge in [-0.05, 0) is 55.5 Å². The zero-order valence-electron chi connectivity index (χ0n) is 16.4. The summed E-state index contributed by atoms with van der Waals surface area (Å²) in [6.07, 6.45) is 4.02. The average molecular weight is 397 g/mol. The SMILES string of the molecule is COC(=O)c1sc2ncnc(Nc3ccc(N4CCC(C)CC4)cc3)c2c1C. The number of esters is 1. The Morgan fingerprint density at radius 1 is 1.21 bits per heavy atom. The van der Waals surface area contributed by atoms with Crippen molar-refractivity contribution in [2.24, 2.45) is 5.92 Å². The summed E-state index contributed by atoms with van der Waals surface area (Å²) in [4.78, 5) is 24.5. The highest BCUT2D eigenvalue weighted by molar-refractivity contribution is 7.20. The summed E-state index contributed by atoms with van der Waals surface area (Å²) < 4.78 is 4.88. The lowest BCUT2D eigenvalue weighted by atomic mass is 9.99. The van der Waals surface area contributed by atoms with Crippen LogP contribution in [0.5, 0.6) is 0 Å². The number of aromatic nitrogens is 2. The van der Waals surface area contributed by atoms with E-state index < -0.39 is 0 Å². The van der Waals surface area contributed by atoms with Crippen molar-refractivity contribution in [3.05, 3.63) is 41.0 Å². The highest BCUT2D eigenvalue weighted by Crippen LogP contribution is 2.35. The van der Waals surface area contributed by atoms with Crippen molar-refractivity contribution in [3.8, 4) is 0 Å². The Labute approximate surface area is 168 Å². The Balaban J connectivity index is 1.58. The zero-order valence-corrected chi connectivity index (χ0v) is 17.2. The van der Waals surface area contributed by atoms with Crippen molar-refractivity contribution in [2.45, 2.75) is 26.7 Å². The molecule has 0 amide bonds. The van der Waals surface area contributed by atoms with Crippen LogP contribution in [0.2, 0.25) is 0 Å². The van der Waals surface area contributed by atoms with E-state index in [-0.39, 0.29) is 5.97 Å². The highest BCUT2D eigenvalue weighted by atomic mass is 32.1. The Hall–Kier alpha value is -2.67. The molecule has 2 aromatic heterocycles. The number of aryl methyl sites for hydroxylation is 1. The second-order valence-electron chi connectivity index (χ2n) is 7.29. The van der Waals surface area contributed by atoms with Gasteiger partial charge in [0.25, 0.3) is 0 Å². The van der Waals surface area contributed by atoms with Crippen molar-refractivity contribution in [3.63, 3.8) is 0 Å². The first-order chi connectivity index (χ1) is 13.6. The molecule has 6 nitrogen and oxygen atoms in total. The fourth-order valence-electron chi connectivity index (χ4n) is 3.61. The summed E-state index contributed by atoms with van der Waals surface area (Å²) in [5, 5.41) is 4.24. The second kappa shape index (κ2) is 7.75. The summed E-state index contributed by atoms with van der Waals surface area (Å²) in [5.41, 5.74) is 3.05. The molecule has 1 aliphatic rings. The maximum absolute atomic E-state index is 12.0. The monoisotopic (exact) mass is 396 g/mol. The van der Waals surface area contributed by atoms with Gasteiger partial charge in [0.15, 0.2) is 0 Å². The van der Waals surface area contributed by atoms with Crippen molar-refractivity contribution < 1.29 is 9.53 Å². The van der Waals surface area contributed by atoms with E-state index in [4.69, 9.17) is 4.74 Å². The van der Waals surface area contributed by atoms with Crippen LogP contribution in [0.3, 0.4) is 0 Å². The van der Waals surface area contributed by atoms with Gasteiger partial charge >= 0.3 is 5.97 Å². The first-order valence-electron chi connectivity index (χ1n) is 9.51. The third-order valence-electron chi connectivity index (χ3n) is 5.38. The Bertz CT molecular complexity index is 992. The van der Waals surface area contributed by atoms with E-state index in [0.717, 1.165) is 40.5 Å². The van der Waals surface area contributed by atoms with Gasteiger partial charge in [-0.15, -0.1) is 11.3 Å². The quantitative estimate of drug-likeness (QED) is 0.641. The summed E-state index contributed by atoms with van der Waals surface area (Å²) in [6.45, 7) is 6.46. The number of ether oxygens (including phenoxy) is 1. The molecule has 3 aromatic rings. The summed E-state index contributed by atoms with van der Waals surface area (Å²) in [5.74, 6) is 1.18. The van der Waals surface area contributed by atoms with E-state index >= 15 is 0 Å². The maximum Gasteiger partial charge on any atom is 0.348 e. The lowest BCUT2D eigenvalue weighted by molar-refractivity contribution is 0.0605. The molecule has 7 heteroatoms. The van der Waals surface area contributed by atoms with E-state index in [1.54, 1.807) is 0 Å². The van der Waals surface area contributed by atoms with E-state index in [0.29, 0.717) is 10.7 Å². The number of hydrogen-bond acceptors (Lipinski definition) is 7. The van der Waals surface area contributed by atoms with E-state index in [1.165, 1.54) is 43.3 Å². The molecule has 0 bridgehead atoms. The fourth-order valence-corrected chi connectivity index (χ4v) is 4.68. The van der Waals surface area contributed by atoms with Crippen molar-refractivity contribution in [1.82, 2.24) is 9.97 Å². The average Bonchev–Trinajstić information content (AvgIpc) is 3.06. The lowest BCUT2D eigenvalue weighted by Crippen LogP contribution is -2.32. The van der Waals surface area contributed by atoms with Crippen LogP contribution in [-0.2, 0) is 4.74 Å². The van der Waals surface area contributed by atoms with E-state index in [1.807, 2.05) is 6.92 Å². The Morgan fingerprint density at radius 2 is 1.93 bits per heavy atom. The molecule has 0 saturated carbocycles. The van der Waals surface area contributed by atoms with E-state index in [2.05, 4.69) is 51.4 Å². The van der Waals surface area contributed by atoms with Crippen LogP contribution in [0.4, 0.5) is 17.2 Å². The molecule has 1 aliphatic heterocycles. The predicted octanol–water partition coefficient (Wildman–Crippen LogP) is 4.77. The summed E-state index contributed by atoms with van der Waals surface area (Å²) in [6, 6.07) is 8.45. The molecule has 0 unspecified atom stereocenters. The molecule has 1 saturated heterocycles. The molecule has 1 aromatic carbocycles. The summed E-state index contributed by atoms with van der Waals surface area (Å²) in [7, 11) is 1.39. The number of anilines is 3. The van der Waals surface area contributed by atoms with Gasteiger partial charge in [-0.2, -0.15) is 0 Å². The van der Waals surface area contributed by atoms with Crippen molar-refractivity contribution >= 4 is 44.7 Å². The largest absolute Gasteiger partial charge is 0.465 e. The number of thiophene rings is 1. The molecule has 0 atom stereocenters. The van der Waals surface area contributed by atoms with Gasteiger partial charge in [-0.1, -0.05) is 6.92 Å². The van der Waals surface area contributed by atoms with Crippen LogP contribution in [0.15, 0.2) is 30.6 Å². The standard InChI is InChI=1S/C21H24N4O2S/c1-13-8-10-25(11-9-13)16-6-4-15(5-7-16)24-19-17-14(2)18(21(26)27-3)28-20(17)23-12-22-19/h4-7,12-13H,8-11H2,1-3H3,(H,22,23,24). The minimum atomic E-state index is -0.341. The molecule has 0 aliphatic carbocycles. The Kier molecular flexibility index (Phi) is 5.17. The molecule has 4 rings (SSSR count). The number of nitrogens with zero attached hydrogens (tertiary/aromatic N) is 3. The normalized spacial score (nSPS) is 15.0. The van der Waals surface area contributed by atoms with Crippen molar-refractivity contribution in [1.29, 1.82) is 0 Å². The lowest BCUT2D eigenvalue weighted by Gasteiger charge is -2.32. The number of benzene rings is 1. The maximum atomic E-state index is 12.0. The minimum Gasteiger partial charge on any atom is -0.465 e. The number of nitrogens with one attached hydrogen (secondary N) is 1. The number of hydrogen-bond donors (Lipinski definition) is 1. The third kappa shape index (κ3) is 3.54. The third-order valence-corrected chi connectivity index (χ3v) is 6.56. The van der Waals surface area contributed by atoms with Crippen LogP contribution in [0.1, 0.15) is 35.0 Å². The molecule has 146 valence electrons. The predicted molar refractivity (Wildman–Crippen MR) is 114 cm³/mol. The molecule has 1 fully saturated rings. The van der Waals surface area contributed by atoms with Gasteiger partial charge in [-0.3, -0.25) is 0 Å². The van der Waals surface area contributed by atoms with Gasteiger partial charge in [0.2, 0.25) is 0 Å². The number of piperidine rings is 1. The summed E-state index contributed by atoms with van der Waals surface area (Å²) >= 11 is 1.33. The molecular weight excluding hydrogens is 372 g/mol. The highest BCUT2D eigenvalue weighted by Gasteiger charge is 2.20. The zero-order chi connectivity index (χ0) is 19.7. The second-order valence-corrected chi connectivity index (χ2v) is 8.29. The van der Waals surface area contributed by atoms with E-state index in [9.17, 15) is 4.79 Å². The number of fused-ring (bicyclic) bond motifs is 1. The molecule has 1 N–H and O–H groups in total. The smallest absolute Gasteiger partial charge is 0.348 e. The molecule has 0 spiro atoms. The molecule has 3 heterocycles. The first-order valence-corrected chi connectivity index (χ1v) is 10.3. The fraction of sp³-hybridized carbons (Fsp3) is 0.381. The van der Waals surface area contributed by atoms with Crippen molar-refractivity contribution in [2.75, 3.05) is 30.4 Å².